The van der Waals surface area contributed by atoms with E-state index in [4.69, 9.17) is 0 Å². The number of benzene rings is 1. The van der Waals surface area contributed by atoms with E-state index in [0.29, 0.717) is 13.0 Å². The highest BCUT2D eigenvalue weighted by Crippen LogP contribution is 2.25. The fourth-order valence-electron chi connectivity index (χ4n) is 2.09. The first-order valence-corrected chi connectivity index (χ1v) is 6.65. The molecular weight excluding hydrogens is 296 g/mol. The van der Waals surface area contributed by atoms with E-state index in [2.05, 4.69) is 21.2 Å². The molecular formula is C13H15BrN2O2. The van der Waals surface area contributed by atoms with Gasteiger partial charge in [0.2, 0.25) is 11.8 Å². The predicted molar refractivity (Wildman–Crippen MR) is 73.5 cm³/mol. The van der Waals surface area contributed by atoms with Crippen LogP contribution in [0.3, 0.4) is 0 Å². The molecule has 1 aromatic rings. The Hall–Kier alpha value is -1.36. The number of nitrogens with zero attached hydrogens (tertiary/aromatic N) is 1. The number of aryl methyl sites for hydroxylation is 1. The van der Waals surface area contributed by atoms with Gasteiger partial charge in [-0.05, 0) is 37.6 Å². The minimum absolute atomic E-state index is 0.0636. The summed E-state index contributed by atoms with van der Waals surface area (Å²) in [6, 6.07) is 5.30. The second-order valence-corrected chi connectivity index (χ2v) is 5.38. The van der Waals surface area contributed by atoms with E-state index in [1.165, 1.54) is 0 Å². The number of hydrogen-bond donors (Lipinski definition) is 1. The average Bonchev–Trinajstić information content (AvgIpc) is 2.41. The molecule has 1 heterocycles. The van der Waals surface area contributed by atoms with Gasteiger partial charge in [0.15, 0.2) is 0 Å². The number of rotatable bonds is 1. The minimum atomic E-state index is -0.469. The van der Waals surface area contributed by atoms with E-state index in [9.17, 15) is 9.59 Å². The first-order chi connectivity index (χ1) is 8.49. The van der Waals surface area contributed by atoms with Crippen molar-refractivity contribution in [2.24, 2.45) is 0 Å². The maximum atomic E-state index is 12.2. The van der Waals surface area contributed by atoms with Crippen LogP contribution in [0.4, 0.5) is 5.69 Å². The van der Waals surface area contributed by atoms with Gasteiger partial charge in [-0.15, -0.1) is 0 Å². The van der Waals surface area contributed by atoms with E-state index >= 15 is 0 Å². The number of anilines is 1. The smallest absolute Gasteiger partial charge is 0.249 e. The predicted octanol–water partition coefficient (Wildman–Crippen LogP) is 2.00. The lowest BCUT2D eigenvalue weighted by atomic mass is 10.1. The molecule has 5 heteroatoms. The van der Waals surface area contributed by atoms with Gasteiger partial charge in [-0.2, -0.15) is 0 Å². The summed E-state index contributed by atoms with van der Waals surface area (Å²) in [6.07, 6.45) is 0.339. The molecule has 1 saturated heterocycles. The number of hydrogen-bond acceptors (Lipinski definition) is 2. The van der Waals surface area contributed by atoms with Crippen molar-refractivity contribution in [2.45, 2.75) is 26.3 Å². The molecule has 0 aliphatic carbocycles. The lowest BCUT2D eigenvalue weighted by Crippen LogP contribution is -2.42. The molecule has 1 atom stereocenters. The zero-order valence-electron chi connectivity index (χ0n) is 10.4. The molecule has 0 radical (unpaired) electrons. The highest BCUT2D eigenvalue weighted by Gasteiger charge is 2.28. The fraction of sp³-hybridized carbons (Fsp3) is 0.385. The Morgan fingerprint density at radius 1 is 1.39 bits per heavy atom. The molecule has 2 amide bonds. The van der Waals surface area contributed by atoms with Crippen LogP contribution in [0.2, 0.25) is 0 Å². The van der Waals surface area contributed by atoms with E-state index in [1.807, 2.05) is 25.1 Å². The first-order valence-electron chi connectivity index (χ1n) is 5.86. The van der Waals surface area contributed by atoms with Gasteiger partial charge in [0, 0.05) is 23.1 Å². The zero-order valence-corrected chi connectivity index (χ0v) is 12.0. The van der Waals surface area contributed by atoms with Crippen LogP contribution in [-0.4, -0.2) is 24.4 Å². The summed E-state index contributed by atoms with van der Waals surface area (Å²) in [5.41, 5.74) is 1.88. The van der Waals surface area contributed by atoms with Crippen molar-refractivity contribution in [3.05, 3.63) is 28.2 Å². The van der Waals surface area contributed by atoms with Gasteiger partial charge in [-0.25, -0.2) is 0 Å². The molecule has 18 heavy (non-hydrogen) atoms. The Morgan fingerprint density at radius 2 is 2.11 bits per heavy atom. The molecule has 0 aromatic heterocycles. The van der Waals surface area contributed by atoms with Crippen LogP contribution in [0.15, 0.2) is 22.7 Å². The maximum Gasteiger partial charge on any atom is 0.249 e. The van der Waals surface area contributed by atoms with Gasteiger partial charge in [-0.1, -0.05) is 15.9 Å². The SMILES string of the molecule is Cc1cc(Br)ccc1N1CCC(=O)NC(C)C1=O. The number of nitrogens with one attached hydrogen (secondary N) is 1. The summed E-state index contributed by atoms with van der Waals surface area (Å²) in [6.45, 7) is 4.10. The highest BCUT2D eigenvalue weighted by atomic mass is 79.9. The van der Waals surface area contributed by atoms with E-state index < -0.39 is 6.04 Å². The van der Waals surface area contributed by atoms with Gasteiger partial charge < -0.3 is 10.2 Å². The molecule has 1 fully saturated rings. The Bertz CT molecular complexity index is 502. The Morgan fingerprint density at radius 3 is 2.78 bits per heavy atom. The second-order valence-electron chi connectivity index (χ2n) is 4.46. The van der Waals surface area contributed by atoms with Crippen molar-refractivity contribution < 1.29 is 9.59 Å². The Kier molecular flexibility index (Phi) is 3.71. The lowest BCUT2D eigenvalue weighted by molar-refractivity contribution is -0.125. The highest BCUT2D eigenvalue weighted by molar-refractivity contribution is 9.10. The number of carbonyl (C=O) groups is 2. The average molecular weight is 311 g/mol. The monoisotopic (exact) mass is 310 g/mol. The molecule has 1 aliphatic rings. The molecule has 1 unspecified atom stereocenters. The molecule has 0 saturated carbocycles. The van der Waals surface area contributed by atoms with Crippen LogP contribution in [0.25, 0.3) is 0 Å². The zero-order chi connectivity index (χ0) is 13.3. The van der Waals surface area contributed by atoms with E-state index in [0.717, 1.165) is 15.7 Å². The maximum absolute atomic E-state index is 12.2. The van der Waals surface area contributed by atoms with E-state index in [-0.39, 0.29) is 11.8 Å². The molecule has 1 aromatic carbocycles. The Balaban J connectivity index is 2.36. The van der Waals surface area contributed by atoms with Crippen LogP contribution in [-0.2, 0) is 9.59 Å². The molecule has 1 aliphatic heterocycles. The normalized spacial score (nSPS) is 20.6. The molecule has 4 nitrogen and oxygen atoms in total. The minimum Gasteiger partial charge on any atom is -0.345 e. The third-order valence-electron chi connectivity index (χ3n) is 3.03. The van der Waals surface area contributed by atoms with Crippen LogP contribution in [0, 0.1) is 6.92 Å². The van der Waals surface area contributed by atoms with Crippen LogP contribution >= 0.6 is 15.9 Å². The van der Waals surface area contributed by atoms with Crippen LogP contribution < -0.4 is 10.2 Å². The molecule has 2 rings (SSSR count). The molecule has 0 spiro atoms. The number of amides is 2. The number of carbonyl (C=O) groups excluding carboxylic acids is 2. The third kappa shape index (κ3) is 2.56. The Labute approximate surface area is 114 Å². The summed E-state index contributed by atoms with van der Waals surface area (Å²) in [5.74, 6) is -0.139. The van der Waals surface area contributed by atoms with Crippen molar-refractivity contribution in [1.82, 2.24) is 5.32 Å². The first kappa shape index (κ1) is 13.1. The summed E-state index contributed by atoms with van der Waals surface area (Å²) in [4.78, 5) is 25.4. The van der Waals surface area contributed by atoms with Crippen molar-refractivity contribution in [3.63, 3.8) is 0 Å². The van der Waals surface area contributed by atoms with Crippen molar-refractivity contribution in [2.75, 3.05) is 11.4 Å². The van der Waals surface area contributed by atoms with Gasteiger partial charge >= 0.3 is 0 Å². The third-order valence-corrected chi connectivity index (χ3v) is 3.52. The van der Waals surface area contributed by atoms with Gasteiger partial charge in [0.05, 0.1) is 0 Å². The summed E-state index contributed by atoms with van der Waals surface area (Å²) in [5, 5.41) is 2.68. The second kappa shape index (κ2) is 5.10. The number of halogens is 1. The van der Waals surface area contributed by atoms with Crippen molar-refractivity contribution in [3.8, 4) is 0 Å². The van der Waals surface area contributed by atoms with Crippen molar-refractivity contribution >= 4 is 33.4 Å². The molecule has 1 N–H and O–H groups in total. The van der Waals surface area contributed by atoms with Gasteiger partial charge in [0.25, 0.3) is 0 Å². The lowest BCUT2D eigenvalue weighted by Gasteiger charge is -2.24. The molecule has 96 valence electrons. The van der Waals surface area contributed by atoms with E-state index in [1.54, 1.807) is 11.8 Å². The van der Waals surface area contributed by atoms with Crippen LogP contribution in [0.5, 0.6) is 0 Å². The van der Waals surface area contributed by atoms with Crippen molar-refractivity contribution in [1.29, 1.82) is 0 Å². The fourth-order valence-corrected chi connectivity index (χ4v) is 2.57. The molecule has 0 bridgehead atoms. The van der Waals surface area contributed by atoms with Gasteiger partial charge in [0.1, 0.15) is 6.04 Å². The summed E-state index contributed by atoms with van der Waals surface area (Å²) >= 11 is 3.40. The summed E-state index contributed by atoms with van der Waals surface area (Å²) in [7, 11) is 0. The summed E-state index contributed by atoms with van der Waals surface area (Å²) < 4.78 is 0.980. The van der Waals surface area contributed by atoms with Gasteiger partial charge in [-0.3, -0.25) is 9.59 Å². The standard InChI is InChI=1S/C13H15BrN2O2/c1-8-7-10(14)3-4-11(8)16-6-5-12(17)15-9(2)13(16)18/h3-4,7,9H,5-6H2,1-2H3,(H,15,17). The topological polar surface area (TPSA) is 49.4 Å². The van der Waals surface area contributed by atoms with Crippen LogP contribution in [0.1, 0.15) is 18.9 Å². The quantitative estimate of drug-likeness (QED) is 0.862. The largest absolute Gasteiger partial charge is 0.345 e.